The van der Waals surface area contributed by atoms with E-state index in [0.29, 0.717) is 19.2 Å². The Morgan fingerprint density at radius 1 is 1.14 bits per heavy atom. The molecule has 0 aliphatic heterocycles. The first-order valence-electron chi connectivity index (χ1n) is 8.64. The van der Waals surface area contributed by atoms with Crippen LogP contribution in [0.4, 0.5) is 13.2 Å². The maximum Gasteiger partial charge on any atom is 0.452 e. The van der Waals surface area contributed by atoms with Gasteiger partial charge in [-0.05, 0) is 24.6 Å². The van der Waals surface area contributed by atoms with Crippen molar-refractivity contribution >= 4 is 5.97 Å². The molecule has 0 fully saturated rings. The summed E-state index contributed by atoms with van der Waals surface area (Å²) >= 11 is 0. The van der Waals surface area contributed by atoms with Crippen LogP contribution in [0.5, 0.6) is 5.75 Å². The molecule has 28 heavy (non-hydrogen) atoms. The third kappa shape index (κ3) is 6.64. The van der Waals surface area contributed by atoms with Crippen molar-refractivity contribution in [3.63, 3.8) is 0 Å². The molecule has 9 heteroatoms. The molecule has 152 valence electrons. The molecule has 0 saturated heterocycles. The number of hydrogen-bond donors (Lipinski definition) is 0. The lowest BCUT2D eigenvalue weighted by Gasteiger charge is -2.12. The molecule has 2 rings (SSSR count). The molecule has 6 nitrogen and oxygen atoms in total. The van der Waals surface area contributed by atoms with Crippen molar-refractivity contribution in [1.82, 2.24) is 9.78 Å². The Morgan fingerprint density at radius 2 is 1.86 bits per heavy atom. The zero-order chi connectivity index (χ0) is 20.6. The highest BCUT2D eigenvalue weighted by Crippen LogP contribution is 2.27. The zero-order valence-corrected chi connectivity index (χ0v) is 15.5. The van der Waals surface area contributed by atoms with Crippen LogP contribution in [0.1, 0.15) is 31.4 Å². The Hall–Kier alpha value is -2.97. The summed E-state index contributed by atoms with van der Waals surface area (Å²) in [5.74, 6) is -1.22. The topological polar surface area (TPSA) is 62.6 Å². The summed E-state index contributed by atoms with van der Waals surface area (Å²) in [5.41, 5.74) is 1.64. The first kappa shape index (κ1) is 21.3. The van der Waals surface area contributed by atoms with E-state index in [1.807, 2.05) is 0 Å². The van der Waals surface area contributed by atoms with Gasteiger partial charge in [0.1, 0.15) is 18.6 Å². The first-order chi connectivity index (χ1) is 13.3. The zero-order valence-electron chi connectivity index (χ0n) is 15.5. The van der Waals surface area contributed by atoms with E-state index in [9.17, 15) is 18.0 Å². The first-order valence-corrected chi connectivity index (χ1v) is 8.64. The van der Waals surface area contributed by atoms with Gasteiger partial charge in [-0.15, -0.1) is 0 Å². The highest BCUT2D eigenvalue weighted by molar-refractivity contribution is 5.68. The second kappa shape index (κ2) is 9.82. The van der Waals surface area contributed by atoms with Crippen molar-refractivity contribution in [2.24, 2.45) is 0 Å². The van der Waals surface area contributed by atoms with Crippen molar-refractivity contribution in [1.29, 1.82) is 0 Å². The average Bonchev–Trinajstić information content (AvgIpc) is 3.10. The molecule has 0 saturated carbocycles. The van der Waals surface area contributed by atoms with Crippen molar-refractivity contribution in [3.05, 3.63) is 59.8 Å². The van der Waals surface area contributed by atoms with E-state index >= 15 is 0 Å². The quantitative estimate of drug-likeness (QED) is 0.468. The molecular formula is C19H21F3N2O4. The standard InChI is InChI=1S/C19H21F3N2O4/c1-3-18(25)28-12-15-9-23-24(11-15)10-14-5-7-16(8-6-14)27-13-17(26-4-2)19(20,21)22/h5-9,11,13H,3-4,10,12H2,1-2H3/b17-13-. The van der Waals surface area contributed by atoms with Gasteiger partial charge in [0.25, 0.3) is 0 Å². The molecule has 0 N–H and O–H groups in total. The molecular weight excluding hydrogens is 377 g/mol. The molecule has 0 radical (unpaired) electrons. The van der Waals surface area contributed by atoms with E-state index in [4.69, 9.17) is 9.47 Å². The van der Waals surface area contributed by atoms with Crippen LogP contribution in [-0.2, 0) is 27.4 Å². The van der Waals surface area contributed by atoms with E-state index in [1.54, 1.807) is 48.3 Å². The van der Waals surface area contributed by atoms with Gasteiger partial charge in [-0.2, -0.15) is 18.3 Å². The summed E-state index contributed by atoms with van der Waals surface area (Å²) in [6.07, 6.45) is -0.382. The van der Waals surface area contributed by atoms with Crippen molar-refractivity contribution < 1.29 is 32.2 Å². The minimum absolute atomic E-state index is 0.114. The largest absolute Gasteiger partial charge is 0.487 e. The van der Waals surface area contributed by atoms with E-state index in [0.717, 1.165) is 11.1 Å². The molecule has 1 aromatic heterocycles. The number of nitrogens with zero attached hydrogens (tertiary/aromatic N) is 2. The van der Waals surface area contributed by atoms with Crippen LogP contribution < -0.4 is 4.74 Å². The summed E-state index contributed by atoms with van der Waals surface area (Å²) in [6, 6.07) is 6.55. The normalized spacial score (nSPS) is 12.0. The number of allylic oxidation sites excluding steroid dienone is 1. The van der Waals surface area contributed by atoms with Gasteiger partial charge in [-0.25, -0.2) is 0 Å². The number of rotatable bonds is 9. The minimum atomic E-state index is -4.61. The molecule has 0 bridgehead atoms. The minimum Gasteiger partial charge on any atom is -0.487 e. The predicted octanol–water partition coefficient (Wildman–Crippen LogP) is 4.20. The van der Waals surface area contributed by atoms with Crippen molar-refractivity contribution in [3.8, 4) is 5.75 Å². The number of aromatic nitrogens is 2. The molecule has 2 aromatic rings. The van der Waals surface area contributed by atoms with Gasteiger partial charge in [0.05, 0.1) is 19.3 Å². The molecule has 0 amide bonds. The Kier molecular flexibility index (Phi) is 7.48. The number of alkyl halides is 3. The maximum atomic E-state index is 12.7. The maximum absolute atomic E-state index is 12.7. The lowest BCUT2D eigenvalue weighted by atomic mass is 10.2. The summed E-state index contributed by atoms with van der Waals surface area (Å²) in [5, 5.41) is 4.19. The summed E-state index contributed by atoms with van der Waals surface area (Å²) in [7, 11) is 0. The molecule has 0 aliphatic rings. The number of ether oxygens (including phenoxy) is 3. The molecule has 1 aromatic carbocycles. The monoisotopic (exact) mass is 398 g/mol. The van der Waals surface area contributed by atoms with Gasteiger partial charge in [0.2, 0.25) is 5.76 Å². The molecule has 0 atom stereocenters. The fourth-order valence-corrected chi connectivity index (χ4v) is 2.15. The third-order valence-corrected chi connectivity index (χ3v) is 3.52. The van der Waals surface area contributed by atoms with Crippen LogP contribution in [0.3, 0.4) is 0 Å². The van der Waals surface area contributed by atoms with Gasteiger partial charge in [0, 0.05) is 18.2 Å². The average molecular weight is 398 g/mol. The molecule has 0 aliphatic carbocycles. The van der Waals surface area contributed by atoms with Crippen molar-refractivity contribution in [2.45, 2.75) is 39.6 Å². The van der Waals surface area contributed by atoms with Crippen LogP contribution >= 0.6 is 0 Å². The summed E-state index contributed by atoms with van der Waals surface area (Å²) in [4.78, 5) is 11.2. The predicted molar refractivity (Wildman–Crippen MR) is 94.3 cm³/mol. The van der Waals surface area contributed by atoms with Gasteiger partial charge in [-0.1, -0.05) is 19.1 Å². The van der Waals surface area contributed by atoms with Gasteiger partial charge in [0.15, 0.2) is 0 Å². The fourth-order valence-electron chi connectivity index (χ4n) is 2.15. The third-order valence-electron chi connectivity index (χ3n) is 3.52. The number of esters is 1. The molecule has 1 heterocycles. The number of carbonyl (C=O) groups excluding carboxylic acids is 1. The number of hydrogen-bond acceptors (Lipinski definition) is 5. The fraction of sp³-hybridized carbons (Fsp3) is 0.368. The SMILES string of the molecule is CCO/C(=C\Oc1ccc(Cn2cc(COC(=O)CC)cn2)cc1)C(F)(F)F. The van der Waals surface area contributed by atoms with Crippen LogP contribution in [0.25, 0.3) is 0 Å². The van der Waals surface area contributed by atoms with Gasteiger partial charge in [-0.3, -0.25) is 9.48 Å². The molecule has 0 unspecified atom stereocenters. The second-order valence-electron chi connectivity index (χ2n) is 5.74. The van der Waals surface area contributed by atoms with Crippen LogP contribution in [0.2, 0.25) is 0 Å². The van der Waals surface area contributed by atoms with Crippen LogP contribution in [0, 0.1) is 0 Å². The molecule has 0 spiro atoms. The smallest absolute Gasteiger partial charge is 0.452 e. The number of benzene rings is 1. The van der Waals surface area contributed by atoms with Crippen molar-refractivity contribution in [2.75, 3.05) is 6.61 Å². The number of carbonyl (C=O) groups is 1. The van der Waals surface area contributed by atoms with E-state index in [2.05, 4.69) is 9.84 Å². The van der Waals surface area contributed by atoms with E-state index < -0.39 is 11.9 Å². The van der Waals surface area contributed by atoms with E-state index in [1.165, 1.54) is 6.92 Å². The van der Waals surface area contributed by atoms with Gasteiger partial charge < -0.3 is 14.2 Å². The Labute approximate surface area is 160 Å². The van der Waals surface area contributed by atoms with E-state index in [-0.39, 0.29) is 24.9 Å². The Morgan fingerprint density at radius 3 is 2.46 bits per heavy atom. The number of halogens is 3. The summed E-state index contributed by atoms with van der Waals surface area (Å²) < 4.78 is 54.5. The Bertz CT molecular complexity index is 798. The second-order valence-corrected chi connectivity index (χ2v) is 5.74. The van der Waals surface area contributed by atoms with Gasteiger partial charge >= 0.3 is 12.1 Å². The lowest BCUT2D eigenvalue weighted by molar-refractivity contribution is -0.144. The highest BCUT2D eigenvalue weighted by atomic mass is 19.4. The van der Waals surface area contributed by atoms with Crippen LogP contribution in [-0.4, -0.2) is 28.5 Å². The highest BCUT2D eigenvalue weighted by Gasteiger charge is 2.36. The summed E-state index contributed by atoms with van der Waals surface area (Å²) in [6.45, 7) is 3.67. The lowest BCUT2D eigenvalue weighted by Crippen LogP contribution is -2.15. The Balaban J connectivity index is 1.94. The van der Waals surface area contributed by atoms with Crippen LogP contribution in [0.15, 0.2) is 48.7 Å².